The van der Waals surface area contributed by atoms with Gasteiger partial charge in [0.15, 0.2) is 0 Å². The molecule has 1 rings (SSSR count). The van der Waals surface area contributed by atoms with Crippen molar-refractivity contribution in [3.63, 3.8) is 0 Å². The summed E-state index contributed by atoms with van der Waals surface area (Å²) in [5, 5.41) is 0. The second kappa shape index (κ2) is 7.02. The maximum absolute atomic E-state index is 12.8. The zero-order valence-electron chi connectivity index (χ0n) is 11.5. The summed E-state index contributed by atoms with van der Waals surface area (Å²) in [6.45, 7) is 3.49. The van der Waals surface area contributed by atoms with Gasteiger partial charge in [-0.25, -0.2) is 4.39 Å². The van der Waals surface area contributed by atoms with Crippen LogP contribution in [0.1, 0.15) is 25.8 Å². The van der Waals surface area contributed by atoms with Crippen LogP contribution in [0, 0.1) is 17.7 Å². The third kappa shape index (κ3) is 4.81. The fourth-order valence-electron chi connectivity index (χ4n) is 1.88. The molecule has 4 heteroatoms. The molecule has 0 amide bonds. The Morgan fingerprint density at radius 3 is 2.26 bits per heavy atom. The van der Waals surface area contributed by atoms with Gasteiger partial charge in [-0.3, -0.25) is 9.59 Å². The van der Waals surface area contributed by atoms with Crippen molar-refractivity contribution in [3.8, 4) is 0 Å². The van der Waals surface area contributed by atoms with Gasteiger partial charge >= 0.3 is 5.97 Å². The molecule has 0 aliphatic rings. The topological polar surface area (TPSA) is 43.4 Å². The molecule has 0 bridgehead atoms. The van der Waals surface area contributed by atoms with Crippen LogP contribution in [0.25, 0.3) is 0 Å². The Balaban J connectivity index is 2.53. The monoisotopic (exact) mass is 266 g/mol. The zero-order valence-corrected chi connectivity index (χ0v) is 11.5. The van der Waals surface area contributed by atoms with Gasteiger partial charge in [-0.1, -0.05) is 26.0 Å². The average Bonchev–Trinajstić information content (AvgIpc) is 2.40. The zero-order chi connectivity index (χ0) is 14.4. The van der Waals surface area contributed by atoms with Gasteiger partial charge in [0, 0.05) is 12.3 Å². The number of hydrogen-bond donors (Lipinski definition) is 0. The molecule has 1 unspecified atom stereocenters. The maximum atomic E-state index is 12.8. The molecular formula is C15H19FO3. The highest BCUT2D eigenvalue weighted by Gasteiger charge is 2.21. The predicted octanol–water partition coefficient (Wildman–Crippen LogP) is 2.77. The second-order valence-corrected chi connectivity index (χ2v) is 4.83. The van der Waals surface area contributed by atoms with Crippen molar-refractivity contribution in [1.82, 2.24) is 0 Å². The molecule has 0 aromatic heterocycles. The number of Topliss-reactive ketones (excluding diaryl/α,β-unsaturated/α-hetero) is 1. The number of rotatable bonds is 6. The predicted molar refractivity (Wildman–Crippen MR) is 70.1 cm³/mol. The van der Waals surface area contributed by atoms with Gasteiger partial charge in [0.05, 0.1) is 13.0 Å². The summed E-state index contributed by atoms with van der Waals surface area (Å²) < 4.78 is 17.4. The SMILES string of the molecule is COC(=O)[C@H](C)CC(=O)C(C)Cc1ccc(F)cc1. The van der Waals surface area contributed by atoms with E-state index in [0.29, 0.717) is 6.42 Å². The number of ketones is 1. The number of carbonyl (C=O) groups excluding carboxylic acids is 2. The van der Waals surface area contributed by atoms with E-state index < -0.39 is 5.92 Å². The number of hydrogen-bond acceptors (Lipinski definition) is 3. The van der Waals surface area contributed by atoms with E-state index >= 15 is 0 Å². The van der Waals surface area contributed by atoms with Crippen LogP contribution in [0.15, 0.2) is 24.3 Å². The minimum Gasteiger partial charge on any atom is -0.469 e. The van der Waals surface area contributed by atoms with Gasteiger partial charge < -0.3 is 4.74 Å². The molecule has 3 nitrogen and oxygen atoms in total. The van der Waals surface area contributed by atoms with Gasteiger partial charge in [-0.05, 0) is 24.1 Å². The first kappa shape index (κ1) is 15.3. The number of benzene rings is 1. The van der Waals surface area contributed by atoms with E-state index in [0.717, 1.165) is 5.56 Å². The lowest BCUT2D eigenvalue weighted by Gasteiger charge is -2.13. The average molecular weight is 266 g/mol. The van der Waals surface area contributed by atoms with Crippen molar-refractivity contribution in [2.45, 2.75) is 26.7 Å². The lowest BCUT2D eigenvalue weighted by molar-refractivity contribution is -0.146. The highest BCUT2D eigenvalue weighted by Crippen LogP contribution is 2.15. The van der Waals surface area contributed by atoms with E-state index in [4.69, 9.17) is 0 Å². The van der Waals surface area contributed by atoms with Crippen LogP contribution >= 0.6 is 0 Å². The molecule has 1 aromatic carbocycles. The quantitative estimate of drug-likeness (QED) is 0.744. The van der Waals surface area contributed by atoms with Gasteiger partial charge in [0.2, 0.25) is 0 Å². The minimum absolute atomic E-state index is 0.0159. The molecule has 19 heavy (non-hydrogen) atoms. The molecule has 0 aliphatic heterocycles. The summed E-state index contributed by atoms with van der Waals surface area (Å²) in [6.07, 6.45) is 0.724. The van der Waals surface area contributed by atoms with Crippen LogP contribution in [-0.2, 0) is 20.7 Å². The van der Waals surface area contributed by atoms with Crippen molar-refractivity contribution >= 4 is 11.8 Å². The Bertz CT molecular complexity index is 439. The lowest BCUT2D eigenvalue weighted by Crippen LogP contribution is -2.21. The molecule has 0 radical (unpaired) electrons. The molecule has 0 spiro atoms. The minimum atomic E-state index is -0.423. The summed E-state index contributed by atoms with van der Waals surface area (Å²) in [4.78, 5) is 23.2. The first-order valence-electron chi connectivity index (χ1n) is 6.29. The normalized spacial score (nSPS) is 13.7. The van der Waals surface area contributed by atoms with E-state index in [9.17, 15) is 14.0 Å². The number of methoxy groups -OCH3 is 1. The molecule has 0 fully saturated rings. The fraction of sp³-hybridized carbons (Fsp3) is 0.467. The summed E-state index contributed by atoms with van der Waals surface area (Å²) in [7, 11) is 1.31. The highest BCUT2D eigenvalue weighted by molar-refractivity contribution is 5.85. The van der Waals surface area contributed by atoms with Crippen molar-refractivity contribution in [1.29, 1.82) is 0 Å². The summed E-state index contributed by atoms with van der Waals surface area (Å²) >= 11 is 0. The number of carbonyl (C=O) groups is 2. The van der Waals surface area contributed by atoms with Gasteiger partial charge in [-0.15, -0.1) is 0 Å². The van der Waals surface area contributed by atoms with Crippen LogP contribution < -0.4 is 0 Å². The third-order valence-electron chi connectivity index (χ3n) is 3.12. The van der Waals surface area contributed by atoms with E-state index in [2.05, 4.69) is 4.74 Å². The Labute approximate surface area is 112 Å². The first-order chi connectivity index (χ1) is 8.93. The molecule has 0 N–H and O–H groups in total. The van der Waals surface area contributed by atoms with Gasteiger partial charge in [0.25, 0.3) is 0 Å². The number of ether oxygens (including phenoxy) is 1. The van der Waals surface area contributed by atoms with E-state index in [1.54, 1.807) is 19.1 Å². The van der Waals surface area contributed by atoms with E-state index in [-0.39, 0.29) is 29.9 Å². The largest absolute Gasteiger partial charge is 0.469 e. The van der Waals surface area contributed by atoms with Crippen molar-refractivity contribution in [2.75, 3.05) is 7.11 Å². The van der Waals surface area contributed by atoms with Crippen LogP contribution in [0.4, 0.5) is 4.39 Å². The molecule has 104 valence electrons. The maximum Gasteiger partial charge on any atom is 0.308 e. The van der Waals surface area contributed by atoms with Crippen LogP contribution in [0.2, 0.25) is 0 Å². The molecule has 0 saturated carbocycles. The first-order valence-corrected chi connectivity index (χ1v) is 6.29. The van der Waals surface area contributed by atoms with Crippen molar-refractivity contribution < 1.29 is 18.7 Å². The van der Waals surface area contributed by atoms with E-state index in [1.807, 2.05) is 6.92 Å². The summed E-state index contributed by atoms with van der Waals surface area (Å²) in [5.41, 5.74) is 0.910. The third-order valence-corrected chi connectivity index (χ3v) is 3.12. The Morgan fingerprint density at radius 1 is 1.16 bits per heavy atom. The lowest BCUT2D eigenvalue weighted by atomic mass is 9.91. The van der Waals surface area contributed by atoms with Gasteiger partial charge in [-0.2, -0.15) is 0 Å². The molecule has 1 aromatic rings. The van der Waals surface area contributed by atoms with Crippen LogP contribution in [0.5, 0.6) is 0 Å². The van der Waals surface area contributed by atoms with E-state index in [1.165, 1.54) is 19.2 Å². The standard InChI is InChI=1S/C15H19FO3/c1-10(8-12-4-6-13(16)7-5-12)14(17)9-11(2)15(18)19-3/h4-7,10-11H,8-9H2,1-3H3/t10?,11-/m1/s1. The Hall–Kier alpha value is -1.71. The number of esters is 1. The fourth-order valence-corrected chi connectivity index (χ4v) is 1.88. The summed E-state index contributed by atoms with van der Waals surface area (Å²) in [5.74, 6) is -1.27. The van der Waals surface area contributed by atoms with Crippen molar-refractivity contribution in [3.05, 3.63) is 35.6 Å². The number of halogens is 1. The highest BCUT2D eigenvalue weighted by atomic mass is 19.1. The second-order valence-electron chi connectivity index (χ2n) is 4.83. The summed E-state index contributed by atoms with van der Waals surface area (Å²) in [6, 6.07) is 6.10. The Kier molecular flexibility index (Phi) is 5.67. The smallest absolute Gasteiger partial charge is 0.308 e. The van der Waals surface area contributed by atoms with Gasteiger partial charge in [0.1, 0.15) is 11.6 Å². The molecule has 0 aliphatic carbocycles. The van der Waals surface area contributed by atoms with Crippen LogP contribution in [-0.4, -0.2) is 18.9 Å². The molecule has 2 atom stereocenters. The molecule has 0 heterocycles. The Morgan fingerprint density at radius 2 is 1.74 bits per heavy atom. The van der Waals surface area contributed by atoms with Crippen LogP contribution in [0.3, 0.4) is 0 Å². The van der Waals surface area contributed by atoms with Crippen molar-refractivity contribution in [2.24, 2.45) is 11.8 Å². The molecule has 0 saturated heterocycles. The molecular weight excluding hydrogens is 247 g/mol.